The number of methoxy groups -OCH3 is 1. The van der Waals surface area contributed by atoms with Crippen LogP contribution in [0.5, 0.6) is 0 Å². The lowest BCUT2D eigenvalue weighted by atomic mass is 9.86. The Morgan fingerprint density at radius 3 is 1.97 bits per heavy atom. The first-order valence-corrected chi connectivity index (χ1v) is 22.7. The van der Waals surface area contributed by atoms with E-state index < -0.39 is 71.9 Å². The molecule has 0 aliphatic rings. The average molecular weight is 932 g/mol. The third kappa shape index (κ3) is 12.4. The van der Waals surface area contributed by atoms with Gasteiger partial charge >= 0.3 is 11.9 Å². The molecule has 0 aliphatic heterocycles. The predicted octanol–water partition coefficient (Wildman–Crippen LogP) is 8.11. The second kappa shape index (κ2) is 22.7. The number of amides is 2. The number of carbonyl (C=O) groups excluding carboxylic acids is 2. The molecule has 0 saturated heterocycles. The monoisotopic (exact) mass is 931 g/mol. The van der Waals surface area contributed by atoms with Gasteiger partial charge in [0.2, 0.25) is 11.8 Å². The quantitative estimate of drug-likeness (QED) is 0.0578. The van der Waals surface area contributed by atoms with Crippen molar-refractivity contribution in [1.29, 1.82) is 5.26 Å². The van der Waals surface area contributed by atoms with Crippen molar-refractivity contribution in [3.63, 3.8) is 0 Å². The first kappa shape index (κ1) is 50.5. The fourth-order valence-electron chi connectivity index (χ4n) is 9.00. The van der Waals surface area contributed by atoms with Gasteiger partial charge in [0.05, 0.1) is 43.2 Å². The number of aromatic nitrogens is 2. The Morgan fingerprint density at radius 1 is 0.681 bits per heavy atom. The van der Waals surface area contributed by atoms with Crippen LogP contribution in [0.2, 0.25) is 0 Å². The van der Waals surface area contributed by atoms with Crippen molar-refractivity contribution < 1.29 is 34.1 Å². The van der Waals surface area contributed by atoms with Crippen LogP contribution in [-0.2, 0) is 30.3 Å². The lowest BCUT2D eigenvalue weighted by molar-refractivity contribution is -0.139. The van der Waals surface area contributed by atoms with Crippen LogP contribution in [-0.4, -0.2) is 56.8 Å². The highest BCUT2D eigenvalue weighted by Gasteiger charge is 2.30. The molecule has 2 amide bonds. The molecular weight excluding hydrogens is 875 g/mol. The van der Waals surface area contributed by atoms with Crippen LogP contribution in [0.15, 0.2) is 131 Å². The van der Waals surface area contributed by atoms with Crippen molar-refractivity contribution >= 4 is 23.8 Å². The smallest absolute Gasteiger partial charge is 0.305 e. The van der Waals surface area contributed by atoms with Crippen molar-refractivity contribution in [2.45, 2.75) is 84.5 Å². The topological polar surface area (TPSA) is 210 Å². The number of nitrogens with zero attached hydrogens (tertiary/aromatic N) is 3. The summed E-state index contributed by atoms with van der Waals surface area (Å²) >= 11 is 0. The molecule has 2 heterocycles. The van der Waals surface area contributed by atoms with E-state index in [2.05, 4.69) is 16.7 Å². The van der Waals surface area contributed by atoms with E-state index in [0.29, 0.717) is 28.7 Å². The largest absolute Gasteiger partial charge is 0.481 e. The number of nitriles is 1. The Labute approximate surface area is 400 Å². The summed E-state index contributed by atoms with van der Waals surface area (Å²) < 4.78 is 7.94. The number of nitrogens with one attached hydrogen (secondary N) is 2. The zero-order valence-electron chi connectivity index (χ0n) is 39.6. The molecule has 6 aromatic rings. The van der Waals surface area contributed by atoms with Crippen molar-refractivity contribution in [3.05, 3.63) is 187 Å². The number of aliphatic carboxylic acids is 2. The summed E-state index contributed by atoms with van der Waals surface area (Å²) in [6.07, 6.45) is 2.90. The first-order chi connectivity index (χ1) is 33.0. The highest BCUT2D eigenvalue weighted by molar-refractivity contribution is 5.83. The van der Waals surface area contributed by atoms with Gasteiger partial charge in [-0.25, -0.2) is 0 Å². The molecule has 0 saturated carbocycles. The SMILES string of the molecule is COC[C@@H](C(=O)N[C@@H](CC(=O)O)c1cccc(-c2c(C)ccc(CC(C)CC(C(=O)N[C@@H](CC(=O)O)c3ccc(C#N)c(-c4ccccc4C)c3)n3ccccc3=O)c2C)c1)n1ccc(C)cc1=O. The number of pyridine rings is 2. The predicted molar refractivity (Wildman–Crippen MR) is 263 cm³/mol. The molecule has 5 atom stereocenters. The molecule has 4 N–H and O–H groups in total. The minimum atomic E-state index is -1.14. The lowest BCUT2D eigenvalue weighted by Gasteiger charge is -2.27. The summed E-state index contributed by atoms with van der Waals surface area (Å²) in [5, 5.41) is 35.8. The number of hydrogen-bond donors (Lipinski definition) is 4. The third-order valence-corrected chi connectivity index (χ3v) is 12.5. The Bertz CT molecular complexity index is 3040. The highest BCUT2D eigenvalue weighted by atomic mass is 16.5. The molecular formula is C55H57N5O9. The summed E-state index contributed by atoms with van der Waals surface area (Å²) in [4.78, 5) is 79.1. The minimum absolute atomic E-state index is 0.120. The Balaban J connectivity index is 1.28. The first-order valence-electron chi connectivity index (χ1n) is 22.7. The average Bonchev–Trinajstić information content (AvgIpc) is 3.31. The van der Waals surface area contributed by atoms with Crippen molar-refractivity contribution in [3.8, 4) is 28.3 Å². The minimum Gasteiger partial charge on any atom is -0.481 e. The Morgan fingerprint density at radius 2 is 1.33 bits per heavy atom. The van der Waals surface area contributed by atoms with Gasteiger partial charge in [-0.15, -0.1) is 0 Å². The van der Waals surface area contributed by atoms with Gasteiger partial charge < -0.3 is 34.7 Å². The maximum atomic E-state index is 14.5. The van der Waals surface area contributed by atoms with E-state index in [1.807, 2.05) is 76.2 Å². The Hall–Kier alpha value is -7.89. The van der Waals surface area contributed by atoms with Crippen LogP contribution in [0.1, 0.15) is 94.9 Å². The zero-order chi connectivity index (χ0) is 49.9. The van der Waals surface area contributed by atoms with Crippen LogP contribution >= 0.6 is 0 Å². The number of benzene rings is 4. The number of aryl methyl sites for hydroxylation is 3. The molecule has 0 radical (unpaired) electrons. The van der Waals surface area contributed by atoms with Crippen LogP contribution in [0.4, 0.5) is 0 Å². The lowest BCUT2D eigenvalue weighted by Crippen LogP contribution is -2.41. The fraction of sp³-hybridized carbons (Fsp3) is 0.291. The van der Waals surface area contributed by atoms with Gasteiger partial charge in [-0.3, -0.25) is 28.8 Å². The van der Waals surface area contributed by atoms with Crippen LogP contribution < -0.4 is 21.8 Å². The maximum Gasteiger partial charge on any atom is 0.305 e. The molecule has 0 aliphatic carbocycles. The number of carboxylic acid groups (broad SMARTS) is 2. The van der Waals surface area contributed by atoms with Crippen LogP contribution in [0.25, 0.3) is 22.3 Å². The second-order valence-corrected chi connectivity index (χ2v) is 17.6. The maximum absolute atomic E-state index is 14.5. The molecule has 356 valence electrons. The van der Waals surface area contributed by atoms with Crippen LogP contribution in [0, 0.1) is 44.9 Å². The number of ether oxygens (including phenoxy) is 1. The number of carbonyl (C=O) groups is 4. The van der Waals surface area contributed by atoms with Gasteiger partial charge in [-0.05, 0) is 132 Å². The molecule has 69 heavy (non-hydrogen) atoms. The number of rotatable bonds is 20. The van der Waals surface area contributed by atoms with Gasteiger partial charge in [0.25, 0.3) is 11.1 Å². The van der Waals surface area contributed by atoms with Crippen molar-refractivity contribution in [2.24, 2.45) is 5.92 Å². The van der Waals surface area contributed by atoms with E-state index in [1.165, 1.54) is 34.6 Å². The van der Waals surface area contributed by atoms with Gasteiger partial charge in [-0.1, -0.05) is 73.7 Å². The van der Waals surface area contributed by atoms with Crippen molar-refractivity contribution in [1.82, 2.24) is 19.8 Å². The molecule has 0 spiro atoms. The van der Waals surface area contributed by atoms with E-state index in [0.717, 1.165) is 44.5 Å². The zero-order valence-corrected chi connectivity index (χ0v) is 39.6. The van der Waals surface area contributed by atoms with E-state index >= 15 is 0 Å². The van der Waals surface area contributed by atoms with E-state index in [4.69, 9.17) is 4.74 Å². The van der Waals surface area contributed by atoms with Crippen molar-refractivity contribution in [2.75, 3.05) is 13.7 Å². The summed E-state index contributed by atoms with van der Waals surface area (Å²) in [5.41, 5.74) is 8.26. The summed E-state index contributed by atoms with van der Waals surface area (Å²) in [6, 6.07) is 29.8. The van der Waals surface area contributed by atoms with E-state index in [-0.39, 0.29) is 18.9 Å². The van der Waals surface area contributed by atoms with Gasteiger partial charge in [0.15, 0.2) is 0 Å². The standard InChI is InChI=1S/C55H57N5O9/c1-33-21-23-60(50(62)26-33)48(32-69-6)55(68)58-45(29-51(63)64)39-13-11-14-41(27-39)53-36(4)17-18-38(37(53)5)24-34(2)25-47(59-22-10-9-16-49(59)61)54(67)57-46(30-52(65)66)40-19-20-42(31-56)44(28-40)43-15-8-7-12-35(43)3/h7-23,26-28,34,45-48H,24-25,29-30,32H2,1-6H3,(H,57,67)(H,58,68)(H,63,64)(H,65,66)/t34?,45-,46-,47?,48-/m0/s1. The molecule has 4 aromatic carbocycles. The summed E-state index contributed by atoms with van der Waals surface area (Å²) in [6.45, 7) is 9.52. The number of hydrogen-bond acceptors (Lipinski definition) is 8. The molecule has 0 bridgehead atoms. The highest BCUT2D eigenvalue weighted by Crippen LogP contribution is 2.35. The number of carboxylic acids is 2. The summed E-state index contributed by atoms with van der Waals surface area (Å²) in [7, 11) is 1.42. The van der Waals surface area contributed by atoms with Gasteiger partial charge in [0.1, 0.15) is 12.1 Å². The van der Waals surface area contributed by atoms with E-state index in [1.54, 1.807) is 61.7 Å². The third-order valence-electron chi connectivity index (χ3n) is 12.5. The molecule has 0 fully saturated rings. The molecule has 6 rings (SSSR count). The molecule has 2 aromatic heterocycles. The van der Waals surface area contributed by atoms with Gasteiger partial charge in [-0.2, -0.15) is 5.26 Å². The van der Waals surface area contributed by atoms with Gasteiger partial charge in [0, 0.05) is 37.2 Å². The Kier molecular flexibility index (Phi) is 16.6. The molecule has 14 heteroatoms. The normalized spacial score (nSPS) is 13.3. The molecule has 14 nitrogen and oxygen atoms in total. The second-order valence-electron chi connectivity index (χ2n) is 17.6. The molecule has 2 unspecified atom stereocenters. The summed E-state index contributed by atoms with van der Waals surface area (Å²) in [5.74, 6) is -3.58. The fourth-order valence-corrected chi connectivity index (χ4v) is 9.00. The van der Waals surface area contributed by atoms with E-state index in [9.17, 15) is 44.2 Å². The van der Waals surface area contributed by atoms with Crippen LogP contribution in [0.3, 0.4) is 0 Å².